The monoisotopic (exact) mass is 264 g/mol. The molecule has 1 aromatic heterocycles. The van der Waals surface area contributed by atoms with Crippen LogP contribution in [0.2, 0.25) is 0 Å². The first-order chi connectivity index (χ1) is 8.81. The van der Waals surface area contributed by atoms with E-state index < -0.39 is 0 Å². The van der Waals surface area contributed by atoms with E-state index in [0.717, 1.165) is 12.1 Å². The lowest BCUT2D eigenvalue weighted by molar-refractivity contribution is 0.0958. The van der Waals surface area contributed by atoms with Gasteiger partial charge in [0.05, 0.1) is 0 Å². The molecular weight excluding hydrogens is 240 g/mol. The number of amides is 1. The standard InChI is InChI=1S/C14H24N4O/c1-14(2,3)8-10(15)9-18-11-5-6-17-12(7-11)13(19)16-4/h5-7,10H,8-9,15H2,1-4H3,(H,16,19)(H,17,18). The zero-order valence-corrected chi connectivity index (χ0v) is 12.2. The van der Waals surface area contributed by atoms with Gasteiger partial charge in [-0.1, -0.05) is 20.8 Å². The third kappa shape index (κ3) is 5.70. The zero-order valence-electron chi connectivity index (χ0n) is 12.2. The van der Waals surface area contributed by atoms with E-state index in [9.17, 15) is 4.79 Å². The highest BCUT2D eigenvalue weighted by Gasteiger charge is 2.15. The minimum Gasteiger partial charge on any atom is -0.383 e. The van der Waals surface area contributed by atoms with Gasteiger partial charge in [-0.15, -0.1) is 0 Å². The maximum atomic E-state index is 11.5. The van der Waals surface area contributed by atoms with Crippen LogP contribution in [0.25, 0.3) is 0 Å². The van der Waals surface area contributed by atoms with Crippen molar-refractivity contribution in [2.75, 3.05) is 18.9 Å². The second-order valence-corrected chi connectivity index (χ2v) is 5.91. The summed E-state index contributed by atoms with van der Waals surface area (Å²) in [5.41, 5.74) is 7.55. The van der Waals surface area contributed by atoms with Crippen LogP contribution in [0.3, 0.4) is 0 Å². The van der Waals surface area contributed by atoms with Gasteiger partial charge in [0.25, 0.3) is 5.91 Å². The third-order valence-electron chi connectivity index (χ3n) is 2.66. The molecule has 0 saturated heterocycles. The molecule has 5 nitrogen and oxygen atoms in total. The molecular formula is C14H24N4O. The van der Waals surface area contributed by atoms with E-state index in [4.69, 9.17) is 5.73 Å². The SMILES string of the molecule is CNC(=O)c1cc(NCC(N)CC(C)(C)C)ccn1. The molecule has 19 heavy (non-hydrogen) atoms. The summed E-state index contributed by atoms with van der Waals surface area (Å²) in [6.45, 7) is 7.18. The van der Waals surface area contributed by atoms with Crippen molar-refractivity contribution >= 4 is 11.6 Å². The third-order valence-corrected chi connectivity index (χ3v) is 2.66. The van der Waals surface area contributed by atoms with E-state index in [1.807, 2.05) is 6.07 Å². The Hall–Kier alpha value is -1.62. The average molecular weight is 264 g/mol. The summed E-state index contributed by atoms with van der Waals surface area (Å²) in [4.78, 5) is 15.5. The summed E-state index contributed by atoms with van der Waals surface area (Å²) < 4.78 is 0. The van der Waals surface area contributed by atoms with Crippen LogP contribution in [0.15, 0.2) is 18.3 Å². The van der Waals surface area contributed by atoms with Gasteiger partial charge in [0.1, 0.15) is 5.69 Å². The molecule has 1 heterocycles. The van der Waals surface area contributed by atoms with E-state index in [-0.39, 0.29) is 17.4 Å². The molecule has 4 N–H and O–H groups in total. The molecule has 0 aliphatic carbocycles. The lowest BCUT2D eigenvalue weighted by Crippen LogP contribution is -2.33. The Bertz CT molecular complexity index is 426. The maximum absolute atomic E-state index is 11.5. The Kier molecular flexibility index (Phi) is 5.30. The Labute approximate surface area is 115 Å². The smallest absolute Gasteiger partial charge is 0.269 e. The van der Waals surface area contributed by atoms with Crippen LogP contribution in [-0.4, -0.2) is 30.5 Å². The lowest BCUT2D eigenvalue weighted by atomic mass is 9.88. The fourth-order valence-electron chi connectivity index (χ4n) is 1.90. The fraction of sp³-hybridized carbons (Fsp3) is 0.571. The second-order valence-electron chi connectivity index (χ2n) is 5.91. The number of aromatic nitrogens is 1. The first-order valence-electron chi connectivity index (χ1n) is 6.49. The van der Waals surface area contributed by atoms with E-state index >= 15 is 0 Å². The highest BCUT2D eigenvalue weighted by Crippen LogP contribution is 2.20. The van der Waals surface area contributed by atoms with Crippen molar-refractivity contribution in [2.45, 2.75) is 33.2 Å². The van der Waals surface area contributed by atoms with E-state index in [0.29, 0.717) is 12.2 Å². The second kappa shape index (κ2) is 6.52. The van der Waals surface area contributed by atoms with Gasteiger partial charge < -0.3 is 16.4 Å². The molecule has 0 aliphatic rings. The number of rotatable bonds is 5. The number of hydrogen-bond donors (Lipinski definition) is 3. The van der Waals surface area contributed by atoms with Gasteiger partial charge in [0, 0.05) is 31.5 Å². The zero-order chi connectivity index (χ0) is 14.5. The Balaban J connectivity index is 2.56. The Morgan fingerprint density at radius 2 is 2.16 bits per heavy atom. The minimum absolute atomic E-state index is 0.0802. The summed E-state index contributed by atoms with van der Waals surface area (Å²) in [6.07, 6.45) is 2.55. The van der Waals surface area contributed by atoms with Gasteiger partial charge in [0.15, 0.2) is 0 Å². The Morgan fingerprint density at radius 3 is 2.74 bits per heavy atom. The Morgan fingerprint density at radius 1 is 1.47 bits per heavy atom. The first-order valence-corrected chi connectivity index (χ1v) is 6.49. The first kappa shape index (κ1) is 15.4. The van der Waals surface area contributed by atoms with Crippen LogP contribution in [0.1, 0.15) is 37.7 Å². The number of anilines is 1. The molecule has 0 spiro atoms. The lowest BCUT2D eigenvalue weighted by Gasteiger charge is -2.23. The quantitative estimate of drug-likeness (QED) is 0.755. The molecule has 0 aromatic carbocycles. The van der Waals surface area contributed by atoms with Crippen LogP contribution in [-0.2, 0) is 0 Å². The molecule has 1 unspecified atom stereocenters. The number of pyridine rings is 1. The highest BCUT2D eigenvalue weighted by atomic mass is 16.1. The van der Waals surface area contributed by atoms with Crippen molar-refractivity contribution in [1.29, 1.82) is 0 Å². The molecule has 1 rings (SSSR count). The molecule has 0 aliphatic heterocycles. The molecule has 0 fully saturated rings. The summed E-state index contributed by atoms with van der Waals surface area (Å²) in [5.74, 6) is -0.192. The molecule has 0 radical (unpaired) electrons. The van der Waals surface area contributed by atoms with E-state index in [1.165, 1.54) is 0 Å². The van der Waals surface area contributed by atoms with Gasteiger partial charge in [-0.2, -0.15) is 0 Å². The van der Waals surface area contributed by atoms with E-state index in [2.05, 4.69) is 36.4 Å². The maximum Gasteiger partial charge on any atom is 0.269 e. The molecule has 1 amide bonds. The fourth-order valence-corrected chi connectivity index (χ4v) is 1.90. The van der Waals surface area contributed by atoms with Gasteiger partial charge in [-0.3, -0.25) is 9.78 Å². The number of hydrogen-bond acceptors (Lipinski definition) is 4. The number of nitrogens with one attached hydrogen (secondary N) is 2. The van der Waals surface area contributed by atoms with Crippen molar-refractivity contribution in [3.8, 4) is 0 Å². The summed E-state index contributed by atoms with van der Waals surface area (Å²) >= 11 is 0. The predicted octanol–water partition coefficient (Wildman–Crippen LogP) is 1.62. The summed E-state index contributed by atoms with van der Waals surface area (Å²) in [6, 6.07) is 3.63. The van der Waals surface area contributed by atoms with Crippen molar-refractivity contribution in [1.82, 2.24) is 10.3 Å². The number of carbonyl (C=O) groups excluding carboxylic acids is 1. The minimum atomic E-state index is -0.192. The van der Waals surface area contributed by atoms with Gasteiger partial charge in [-0.25, -0.2) is 0 Å². The average Bonchev–Trinajstić information content (AvgIpc) is 2.34. The molecule has 106 valence electrons. The number of carbonyl (C=O) groups is 1. The van der Waals surface area contributed by atoms with Crippen LogP contribution in [0.5, 0.6) is 0 Å². The summed E-state index contributed by atoms with van der Waals surface area (Å²) in [5, 5.41) is 5.79. The van der Waals surface area contributed by atoms with Gasteiger partial charge in [0.2, 0.25) is 0 Å². The van der Waals surface area contributed by atoms with Gasteiger partial charge in [-0.05, 0) is 24.0 Å². The molecule has 1 aromatic rings. The number of nitrogens with two attached hydrogens (primary N) is 1. The normalized spacial score (nSPS) is 12.9. The van der Waals surface area contributed by atoms with Crippen LogP contribution < -0.4 is 16.4 Å². The summed E-state index contributed by atoms with van der Waals surface area (Å²) in [7, 11) is 1.59. The van der Waals surface area contributed by atoms with Crippen LogP contribution >= 0.6 is 0 Å². The van der Waals surface area contributed by atoms with Crippen LogP contribution in [0.4, 0.5) is 5.69 Å². The van der Waals surface area contributed by atoms with Crippen molar-refractivity contribution in [3.05, 3.63) is 24.0 Å². The molecule has 0 bridgehead atoms. The van der Waals surface area contributed by atoms with Crippen LogP contribution in [0, 0.1) is 5.41 Å². The van der Waals surface area contributed by atoms with E-state index in [1.54, 1.807) is 19.3 Å². The topological polar surface area (TPSA) is 80.0 Å². The molecule has 5 heteroatoms. The van der Waals surface area contributed by atoms with Gasteiger partial charge >= 0.3 is 0 Å². The molecule has 0 saturated carbocycles. The van der Waals surface area contributed by atoms with Crippen molar-refractivity contribution in [2.24, 2.45) is 11.1 Å². The largest absolute Gasteiger partial charge is 0.383 e. The van der Waals surface area contributed by atoms with Crippen molar-refractivity contribution in [3.63, 3.8) is 0 Å². The van der Waals surface area contributed by atoms with Crippen molar-refractivity contribution < 1.29 is 4.79 Å². The molecule has 1 atom stereocenters. The predicted molar refractivity (Wildman–Crippen MR) is 78.2 cm³/mol. The highest BCUT2D eigenvalue weighted by molar-refractivity contribution is 5.92. The number of nitrogens with zero attached hydrogens (tertiary/aromatic N) is 1.